The van der Waals surface area contributed by atoms with Gasteiger partial charge in [0.1, 0.15) is 12.2 Å². The van der Waals surface area contributed by atoms with Gasteiger partial charge in [-0.2, -0.15) is 0 Å². The Labute approximate surface area is 120 Å². The van der Waals surface area contributed by atoms with Crippen molar-refractivity contribution in [2.24, 2.45) is 0 Å². The van der Waals surface area contributed by atoms with Crippen LogP contribution >= 0.6 is 0 Å². The molecular formula is C14H26O6. The van der Waals surface area contributed by atoms with Crippen molar-refractivity contribution in [3.05, 3.63) is 12.7 Å². The molecule has 0 aromatic rings. The summed E-state index contributed by atoms with van der Waals surface area (Å²) in [6.45, 7) is 7.64. The molecule has 0 amide bonds. The minimum absolute atomic E-state index is 0.0877. The molecule has 6 heteroatoms. The molecule has 0 saturated carbocycles. The fourth-order valence-electron chi connectivity index (χ4n) is 1.29. The van der Waals surface area contributed by atoms with E-state index in [4.69, 9.17) is 14.2 Å². The quantitative estimate of drug-likeness (QED) is 0.406. The summed E-state index contributed by atoms with van der Waals surface area (Å²) in [6, 6.07) is 0. The first kappa shape index (κ1) is 19.1. The molecule has 0 spiro atoms. The predicted octanol–water partition coefficient (Wildman–Crippen LogP) is 0.659. The van der Waals surface area contributed by atoms with Crippen LogP contribution in [0.5, 0.6) is 0 Å². The van der Waals surface area contributed by atoms with Crippen LogP contribution in [0.15, 0.2) is 12.7 Å². The Morgan fingerprint density at radius 1 is 1.05 bits per heavy atom. The van der Waals surface area contributed by atoms with E-state index < -0.39 is 18.2 Å². The molecule has 3 atom stereocenters. The van der Waals surface area contributed by atoms with Gasteiger partial charge in [-0.3, -0.25) is 0 Å². The smallest absolute Gasteiger partial charge is 0.330 e. The zero-order chi connectivity index (χ0) is 15.4. The van der Waals surface area contributed by atoms with Crippen molar-refractivity contribution >= 4 is 5.97 Å². The molecule has 0 aliphatic carbocycles. The third-order valence-electron chi connectivity index (χ3n) is 2.61. The van der Waals surface area contributed by atoms with Crippen LogP contribution in [0, 0.1) is 0 Å². The first-order valence-electron chi connectivity index (χ1n) is 6.88. The Balaban J connectivity index is 3.69. The van der Waals surface area contributed by atoms with Gasteiger partial charge >= 0.3 is 5.97 Å². The van der Waals surface area contributed by atoms with E-state index in [2.05, 4.69) is 6.58 Å². The molecular weight excluding hydrogens is 264 g/mol. The molecule has 0 fully saturated rings. The normalized spacial score (nSPS) is 15.4. The Kier molecular flexibility index (Phi) is 11.3. The summed E-state index contributed by atoms with van der Waals surface area (Å²) < 4.78 is 15.4. The molecule has 0 aliphatic rings. The van der Waals surface area contributed by atoms with Crippen LogP contribution in [0.1, 0.15) is 26.7 Å². The first-order valence-corrected chi connectivity index (χ1v) is 6.88. The van der Waals surface area contributed by atoms with Crippen LogP contribution in [-0.2, 0) is 19.0 Å². The van der Waals surface area contributed by atoms with Gasteiger partial charge in [-0.1, -0.05) is 20.4 Å². The number of rotatable bonds is 12. The summed E-state index contributed by atoms with van der Waals surface area (Å²) >= 11 is 0. The van der Waals surface area contributed by atoms with Crippen molar-refractivity contribution in [1.29, 1.82) is 0 Å². The molecule has 3 unspecified atom stereocenters. The molecule has 0 heterocycles. The number of carbonyl (C=O) groups is 1. The topological polar surface area (TPSA) is 85.2 Å². The van der Waals surface area contributed by atoms with E-state index in [1.165, 1.54) is 0 Å². The molecule has 0 aromatic carbocycles. The highest BCUT2D eigenvalue weighted by atomic mass is 16.6. The third kappa shape index (κ3) is 9.91. The summed E-state index contributed by atoms with van der Waals surface area (Å²) in [4.78, 5) is 11.0. The highest BCUT2D eigenvalue weighted by Crippen LogP contribution is 2.01. The van der Waals surface area contributed by atoms with E-state index in [0.29, 0.717) is 12.8 Å². The maximum Gasteiger partial charge on any atom is 0.330 e. The highest BCUT2D eigenvalue weighted by Gasteiger charge is 2.12. The average Bonchev–Trinajstić information content (AvgIpc) is 2.45. The third-order valence-corrected chi connectivity index (χ3v) is 2.61. The molecule has 118 valence electrons. The largest absolute Gasteiger partial charge is 0.457 e. The molecule has 0 rings (SSSR count). The van der Waals surface area contributed by atoms with Gasteiger partial charge < -0.3 is 24.4 Å². The monoisotopic (exact) mass is 290 g/mol. The van der Waals surface area contributed by atoms with Gasteiger partial charge in [-0.15, -0.1) is 0 Å². The van der Waals surface area contributed by atoms with Crippen LogP contribution in [0.2, 0.25) is 0 Å². The zero-order valence-electron chi connectivity index (χ0n) is 12.3. The Morgan fingerprint density at radius 2 is 1.60 bits per heavy atom. The van der Waals surface area contributed by atoms with Crippen molar-refractivity contribution in [3.8, 4) is 0 Å². The van der Waals surface area contributed by atoms with Crippen LogP contribution < -0.4 is 0 Å². The number of esters is 1. The van der Waals surface area contributed by atoms with Crippen molar-refractivity contribution in [3.63, 3.8) is 0 Å². The second kappa shape index (κ2) is 11.8. The molecule has 6 nitrogen and oxygen atoms in total. The van der Waals surface area contributed by atoms with E-state index >= 15 is 0 Å². The fraction of sp³-hybridized carbons (Fsp3) is 0.786. The van der Waals surface area contributed by atoms with Crippen LogP contribution in [-0.4, -0.2) is 60.9 Å². The number of aliphatic hydroxyl groups excluding tert-OH is 2. The number of hydrogen-bond acceptors (Lipinski definition) is 6. The SMILES string of the molecule is C=CC(=O)OC(CC)COCC(O)COCC(O)CC. The Morgan fingerprint density at radius 3 is 2.10 bits per heavy atom. The van der Waals surface area contributed by atoms with Gasteiger partial charge in [0, 0.05) is 6.08 Å². The van der Waals surface area contributed by atoms with Gasteiger partial charge in [0.2, 0.25) is 0 Å². The Hall–Kier alpha value is -0.950. The van der Waals surface area contributed by atoms with Gasteiger partial charge in [0.25, 0.3) is 0 Å². The van der Waals surface area contributed by atoms with Gasteiger partial charge in [0.15, 0.2) is 0 Å². The summed E-state index contributed by atoms with van der Waals surface area (Å²) in [5, 5.41) is 18.9. The maximum atomic E-state index is 11.0. The van der Waals surface area contributed by atoms with Crippen molar-refractivity contribution in [2.45, 2.75) is 45.0 Å². The molecule has 0 radical (unpaired) electrons. The van der Waals surface area contributed by atoms with E-state index in [1.807, 2.05) is 13.8 Å². The van der Waals surface area contributed by atoms with Gasteiger partial charge in [0.05, 0.1) is 32.5 Å². The van der Waals surface area contributed by atoms with Crippen LogP contribution in [0.25, 0.3) is 0 Å². The highest BCUT2D eigenvalue weighted by molar-refractivity contribution is 5.81. The molecule has 20 heavy (non-hydrogen) atoms. The Bertz CT molecular complexity index is 268. The van der Waals surface area contributed by atoms with Crippen molar-refractivity contribution in [1.82, 2.24) is 0 Å². The lowest BCUT2D eigenvalue weighted by Crippen LogP contribution is -2.28. The predicted molar refractivity (Wildman–Crippen MR) is 74.3 cm³/mol. The minimum atomic E-state index is -0.772. The zero-order valence-corrected chi connectivity index (χ0v) is 12.3. The first-order chi connectivity index (χ1) is 9.53. The molecule has 0 bridgehead atoms. The lowest BCUT2D eigenvalue weighted by Gasteiger charge is -2.17. The van der Waals surface area contributed by atoms with Crippen LogP contribution in [0.3, 0.4) is 0 Å². The van der Waals surface area contributed by atoms with Crippen LogP contribution in [0.4, 0.5) is 0 Å². The number of ether oxygens (including phenoxy) is 3. The second-order valence-electron chi connectivity index (χ2n) is 4.46. The number of carbonyl (C=O) groups excluding carboxylic acids is 1. The fourth-order valence-corrected chi connectivity index (χ4v) is 1.29. The molecule has 0 saturated heterocycles. The minimum Gasteiger partial charge on any atom is -0.457 e. The summed E-state index contributed by atoms with van der Waals surface area (Å²) in [6.07, 6.45) is 0.701. The number of aliphatic hydroxyl groups is 2. The molecule has 0 aromatic heterocycles. The van der Waals surface area contributed by atoms with E-state index in [-0.39, 0.29) is 32.5 Å². The van der Waals surface area contributed by atoms with Gasteiger partial charge in [-0.05, 0) is 12.8 Å². The molecule has 2 N–H and O–H groups in total. The van der Waals surface area contributed by atoms with Crippen molar-refractivity contribution < 1.29 is 29.2 Å². The second-order valence-corrected chi connectivity index (χ2v) is 4.46. The maximum absolute atomic E-state index is 11.0. The summed E-state index contributed by atoms with van der Waals surface area (Å²) in [5.74, 6) is -0.488. The standard InChI is InChI=1S/C14H26O6/c1-4-11(15)7-18-8-12(16)9-19-10-13(5-2)20-14(17)6-3/h6,11-13,15-16H,3-5,7-10H2,1-2H3. The average molecular weight is 290 g/mol. The van der Waals surface area contributed by atoms with E-state index in [0.717, 1.165) is 6.08 Å². The lowest BCUT2D eigenvalue weighted by molar-refractivity contribution is -0.147. The van der Waals surface area contributed by atoms with E-state index in [1.54, 1.807) is 0 Å². The van der Waals surface area contributed by atoms with E-state index in [9.17, 15) is 15.0 Å². The number of hydrogen-bond donors (Lipinski definition) is 2. The molecule has 0 aliphatic heterocycles. The summed E-state index contributed by atoms with van der Waals surface area (Å²) in [7, 11) is 0. The van der Waals surface area contributed by atoms with Crippen molar-refractivity contribution in [2.75, 3.05) is 26.4 Å². The summed E-state index contributed by atoms with van der Waals surface area (Å²) in [5.41, 5.74) is 0. The lowest BCUT2D eigenvalue weighted by atomic mass is 10.3. The van der Waals surface area contributed by atoms with Gasteiger partial charge in [-0.25, -0.2) is 4.79 Å².